The Morgan fingerprint density at radius 2 is 1.57 bits per heavy atom. The molecule has 0 bridgehead atoms. The monoisotopic (exact) mass is 412 g/mol. The number of benzene rings is 1. The maximum Gasteiger partial charge on any atom is 0.126 e. The number of likely N-dealkylation sites (tertiary alicyclic amines) is 1. The number of nitrogens with zero attached hydrogens (tertiary/aromatic N) is 2. The molecule has 0 spiro atoms. The van der Waals surface area contributed by atoms with E-state index in [9.17, 15) is 0 Å². The van der Waals surface area contributed by atoms with Crippen molar-refractivity contribution in [2.75, 3.05) is 24.6 Å². The maximum absolute atomic E-state index is 6.23. The maximum atomic E-state index is 6.23. The molecule has 3 rings (SSSR count). The zero-order valence-electron chi connectivity index (χ0n) is 18.9. The van der Waals surface area contributed by atoms with Crippen molar-refractivity contribution in [2.45, 2.75) is 72.1 Å². The van der Waals surface area contributed by atoms with Crippen LogP contribution in [0.2, 0.25) is 0 Å². The fourth-order valence-corrected chi connectivity index (χ4v) is 4.24. The van der Waals surface area contributed by atoms with Crippen LogP contribution in [0, 0.1) is 6.92 Å². The molecule has 1 aliphatic rings. The summed E-state index contributed by atoms with van der Waals surface area (Å²) in [7, 11) is 0. The highest BCUT2D eigenvalue weighted by atomic mass is 16.5. The molecule has 1 aromatic heterocycles. The van der Waals surface area contributed by atoms with Gasteiger partial charge in [0.1, 0.15) is 17.3 Å². The van der Waals surface area contributed by atoms with Crippen LogP contribution in [0.15, 0.2) is 24.4 Å². The second-order valence-corrected chi connectivity index (χ2v) is 8.83. The average Bonchev–Trinajstić information content (AvgIpc) is 2.65. The molecule has 0 aliphatic carbocycles. The number of nitrogens with two attached hydrogens (primary N) is 2. The Hall–Kier alpha value is -2.47. The van der Waals surface area contributed by atoms with E-state index < -0.39 is 0 Å². The van der Waals surface area contributed by atoms with Crippen molar-refractivity contribution in [3.8, 4) is 11.5 Å². The van der Waals surface area contributed by atoms with Gasteiger partial charge in [0.25, 0.3) is 0 Å². The summed E-state index contributed by atoms with van der Waals surface area (Å²) in [5, 5.41) is 0. The molecule has 0 radical (unpaired) electrons. The van der Waals surface area contributed by atoms with E-state index >= 15 is 0 Å². The number of ether oxygens (including phenoxy) is 2. The first-order valence-corrected chi connectivity index (χ1v) is 10.9. The second-order valence-electron chi connectivity index (χ2n) is 8.83. The second kappa shape index (κ2) is 9.56. The van der Waals surface area contributed by atoms with E-state index in [0.717, 1.165) is 55.2 Å². The van der Waals surface area contributed by atoms with Crippen LogP contribution >= 0.6 is 0 Å². The lowest BCUT2D eigenvalue weighted by Crippen LogP contribution is -2.33. The molecule has 4 N–H and O–H groups in total. The lowest BCUT2D eigenvalue weighted by Gasteiger charge is -2.33. The Morgan fingerprint density at radius 1 is 1.00 bits per heavy atom. The third-order valence-electron chi connectivity index (χ3n) is 5.53. The molecule has 1 aliphatic heterocycles. The molecule has 1 aromatic carbocycles. The molecular formula is C24H36N4O2. The Morgan fingerprint density at radius 3 is 2.10 bits per heavy atom. The summed E-state index contributed by atoms with van der Waals surface area (Å²) in [5.74, 6) is 2.75. The largest absolute Gasteiger partial charge is 0.491 e. The highest BCUT2D eigenvalue weighted by molar-refractivity contribution is 5.58. The van der Waals surface area contributed by atoms with Gasteiger partial charge in [-0.05, 0) is 95.3 Å². The summed E-state index contributed by atoms with van der Waals surface area (Å²) in [6, 6.07) is 6.24. The third kappa shape index (κ3) is 5.57. The topological polar surface area (TPSA) is 86.6 Å². The number of pyridine rings is 1. The quantitative estimate of drug-likeness (QED) is 0.696. The molecule has 2 aromatic rings. The van der Waals surface area contributed by atoms with E-state index in [1.807, 2.05) is 40.7 Å². The molecule has 1 saturated heterocycles. The average molecular weight is 413 g/mol. The fourth-order valence-electron chi connectivity index (χ4n) is 4.24. The lowest BCUT2D eigenvalue weighted by molar-refractivity contribution is 0.202. The molecule has 30 heavy (non-hydrogen) atoms. The van der Waals surface area contributed by atoms with Gasteiger partial charge in [0.2, 0.25) is 0 Å². The van der Waals surface area contributed by atoms with Gasteiger partial charge in [-0.25, -0.2) is 4.98 Å². The normalized spacial score (nSPS) is 15.7. The lowest BCUT2D eigenvalue weighted by atomic mass is 9.86. The first-order chi connectivity index (χ1) is 14.2. The number of aromatic nitrogens is 1. The Kier molecular flexibility index (Phi) is 7.08. The molecule has 0 atom stereocenters. The number of piperidine rings is 1. The summed E-state index contributed by atoms with van der Waals surface area (Å²) in [5.41, 5.74) is 16.4. The van der Waals surface area contributed by atoms with Crippen LogP contribution in [0.5, 0.6) is 11.5 Å². The number of hydrogen-bond acceptors (Lipinski definition) is 6. The van der Waals surface area contributed by atoms with Gasteiger partial charge in [-0.1, -0.05) is 0 Å². The molecule has 0 amide bonds. The standard InChI is InChI=1S/C24H36N4O2/c1-15(2)29-20-10-18(11-21(12-20)30-16(3)4)14-28-8-6-19(7-9-28)23-17(5)24(26)27-13-22(23)25/h10-13,15-16,19H,6-9,14,25H2,1-5H3,(H2,26,27). The van der Waals surface area contributed by atoms with Crippen molar-refractivity contribution in [3.05, 3.63) is 41.1 Å². The Bertz CT molecular complexity index is 830. The minimum atomic E-state index is 0.129. The first kappa shape index (κ1) is 22.2. The van der Waals surface area contributed by atoms with E-state index in [0.29, 0.717) is 11.7 Å². The van der Waals surface area contributed by atoms with Crippen LogP contribution in [0.25, 0.3) is 0 Å². The molecule has 2 heterocycles. The van der Waals surface area contributed by atoms with Gasteiger partial charge in [-0.2, -0.15) is 0 Å². The summed E-state index contributed by atoms with van der Waals surface area (Å²) < 4.78 is 11.9. The smallest absolute Gasteiger partial charge is 0.126 e. The zero-order chi connectivity index (χ0) is 21.8. The molecule has 6 nitrogen and oxygen atoms in total. The van der Waals surface area contributed by atoms with Crippen LogP contribution in [0.3, 0.4) is 0 Å². The van der Waals surface area contributed by atoms with E-state index in [2.05, 4.69) is 22.0 Å². The summed E-state index contributed by atoms with van der Waals surface area (Å²) in [6.45, 7) is 13.1. The predicted octanol–water partition coefficient (Wildman–Crippen LogP) is 4.51. The van der Waals surface area contributed by atoms with Crippen LogP contribution in [-0.2, 0) is 6.54 Å². The SMILES string of the molecule is Cc1c(N)ncc(N)c1C1CCN(Cc2cc(OC(C)C)cc(OC(C)C)c2)CC1. The van der Waals surface area contributed by atoms with E-state index in [1.54, 1.807) is 6.20 Å². The Balaban J connectivity index is 1.69. The number of hydrogen-bond donors (Lipinski definition) is 2. The Labute approximate surface area is 180 Å². The predicted molar refractivity (Wildman–Crippen MR) is 123 cm³/mol. The number of nitrogen functional groups attached to an aromatic ring is 2. The number of anilines is 2. The molecule has 6 heteroatoms. The van der Waals surface area contributed by atoms with Crippen molar-refractivity contribution in [1.82, 2.24) is 9.88 Å². The van der Waals surface area contributed by atoms with Crippen LogP contribution in [0.1, 0.15) is 63.1 Å². The highest BCUT2D eigenvalue weighted by Crippen LogP contribution is 2.36. The van der Waals surface area contributed by atoms with E-state index in [4.69, 9.17) is 20.9 Å². The molecule has 0 unspecified atom stereocenters. The van der Waals surface area contributed by atoms with Crippen molar-refractivity contribution in [1.29, 1.82) is 0 Å². The minimum Gasteiger partial charge on any atom is -0.491 e. The number of rotatable bonds is 7. The van der Waals surface area contributed by atoms with Crippen molar-refractivity contribution >= 4 is 11.5 Å². The van der Waals surface area contributed by atoms with Crippen LogP contribution < -0.4 is 20.9 Å². The van der Waals surface area contributed by atoms with Gasteiger partial charge in [-0.3, -0.25) is 4.90 Å². The van der Waals surface area contributed by atoms with Crippen molar-refractivity contribution in [3.63, 3.8) is 0 Å². The summed E-state index contributed by atoms with van der Waals surface area (Å²) in [6.07, 6.45) is 4.08. The third-order valence-corrected chi connectivity index (χ3v) is 5.53. The minimum absolute atomic E-state index is 0.129. The van der Waals surface area contributed by atoms with Crippen molar-refractivity contribution < 1.29 is 9.47 Å². The molecular weight excluding hydrogens is 376 g/mol. The van der Waals surface area contributed by atoms with Gasteiger partial charge in [0.05, 0.1) is 24.1 Å². The molecule has 164 valence electrons. The summed E-state index contributed by atoms with van der Waals surface area (Å²) >= 11 is 0. The van der Waals surface area contributed by atoms with Gasteiger partial charge >= 0.3 is 0 Å². The molecule has 0 saturated carbocycles. The summed E-state index contributed by atoms with van der Waals surface area (Å²) in [4.78, 5) is 6.67. The van der Waals surface area contributed by atoms with E-state index in [-0.39, 0.29) is 12.2 Å². The van der Waals surface area contributed by atoms with E-state index in [1.165, 1.54) is 11.1 Å². The van der Waals surface area contributed by atoms with Gasteiger partial charge in [0, 0.05) is 12.6 Å². The van der Waals surface area contributed by atoms with Gasteiger partial charge in [-0.15, -0.1) is 0 Å². The van der Waals surface area contributed by atoms with Crippen LogP contribution in [-0.4, -0.2) is 35.2 Å². The van der Waals surface area contributed by atoms with Gasteiger partial charge in [0.15, 0.2) is 0 Å². The first-order valence-electron chi connectivity index (χ1n) is 10.9. The van der Waals surface area contributed by atoms with Crippen molar-refractivity contribution in [2.24, 2.45) is 0 Å². The fraction of sp³-hybridized carbons (Fsp3) is 0.542. The highest BCUT2D eigenvalue weighted by Gasteiger charge is 2.25. The van der Waals surface area contributed by atoms with Gasteiger partial charge < -0.3 is 20.9 Å². The zero-order valence-corrected chi connectivity index (χ0v) is 18.9. The van der Waals surface area contributed by atoms with Crippen LogP contribution in [0.4, 0.5) is 11.5 Å². The molecule has 1 fully saturated rings.